The Labute approximate surface area is 143 Å². The number of allylic oxidation sites excluding steroid dienone is 3. The number of hydrogen-bond donors (Lipinski definition) is 0. The third kappa shape index (κ3) is 2.19. The van der Waals surface area contributed by atoms with E-state index in [1.807, 2.05) is 6.92 Å². The van der Waals surface area contributed by atoms with Gasteiger partial charge in [0.2, 0.25) is 7.28 Å². The van der Waals surface area contributed by atoms with Gasteiger partial charge in [-0.2, -0.15) is 0 Å². The zero-order valence-corrected chi connectivity index (χ0v) is 14.6. The van der Waals surface area contributed by atoms with Gasteiger partial charge in [-0.05, 0) is 31.4 Å². The summed E-state index contributed by atoms with van der Waals surface area (Å²) in [4.78, 5) is 4.91. The molecular weight excluding hydrogens is 295 g/mol. The van der Waals surface area contributed by atoms with Gasteiger partial charge in [-0.25, -0.2) is 0 Å². The molecule has 0 fully saturated rings. The van der Waals surface area contributed by atoms with Crippen LogP contribution in [0.1, 0.15) is 43.5 Å². The third-order valence-corrected chi connectivity index (χ3v) is 4.96. The van der Waals surface area contributed by atoms with E-state index in [2.05, 4.69) is 67.1 Å². The van der Waals surface area contributed by atoms with Crippen molar-refractivity contribution in [2.75, 3.05) is 0 Å². The highest BCUT2D eigenvalue weighted by atomic mass is 15.3. The molecule has 1 radical (unpaired) electrons. The molecule has 4 nitrogen and oxygen atoms in total. The van der Waals surface area contributed by atoms with E-state index in [9.17, 15) is 0 Å². The Balaban J connectivity index is 1.91. The van der Waals surface area contributed by atoms with Crippen LogP contribution >= 0.6 is 0 Å². The van der Waals surface area contributed by atoms with Crippen molar-refractivity contribution in [2.45, 2.75) is 40.7 Å². The molecule has 119 valence electrons. The van der Waals surface area contributed by atoms with E-state index in [-0.39, 0.29) is 0 Å². The van der Waals surface area contributed by atoms with E-state index in [1.54, 1.807) is 0 Å². The number of benzene rings is 1. The molecule has 2 aliphatic rings. The van der Waals surface area contributed by atoms with Crippen LogP contribution in [-0.4, -0.2) is 27.8 Å². The summed E-state index contributed by atoms with van der Waals surface area (Å²) in [5, 5.41) is 8.56. The van der Waals surface area contributed by atoms with Gasteiger partial charge in [0, 0.05) is 11.1 Å². The average Bonchev–Trinajstić information content (AvgIpc) is 3.03. The van der Waals surface area contributed by atoms with Gasteiger partial charge in [0.1, 0.15) is 12.4 Å². The Hall–Kier alpha value is -2.43. The van der Waals surface area contributed by atoms with Gasteiger partial charge >= 0.3 is 0 Å². The molecule has 0 N–H and O–H groups in total. The van der Waals surface area contributed by atoms with Crippen LogP contribution in [0.15, 0.2) is 45.9 Å². The Morgan fingerprint density at radius 1 is 1.08 bits per heavy atom. The first-order valence-corrected chi connectivity index (χ1v) is 8.42. The second kappa shape index (κ2) is 5.58. The molecular formula is C19H20BN4. The molecule has 2 aromatic rings. The summed E-state index contributed by atoms with van der Waals surface area (Å²) in [6, 6.07) is 8.75. The van der Waals surface area contributed by atoms with Crippen molar-refractivity contribution in [3.05, 3.63) is 63.7 Å². The first kappa shape index (κ1) is 15.1. The Kier molecular flexibility index (Phi) is 3.52. The van der Waals surface area contributed by atoms with Crippen LogP contribution in [0.3, 0.4) is 0 Å². The minimum Gasteiger partial charge on any atom is -0.294 e. The first-order valence-electron chi connectivity index (χ1n) is 8.42. The van der Waals surface area contributed by atoms with Crippen molar-refractivity contribution >= 4 is 18.6 Å². The predicted molar refractivity (Wildman–Crippen MR) is 98.2 cm³/mol. The van der Waals surface area contributed by atoms with Crippen LogP contribution in [0, 0.1) is 6.92 Å². The van der Waals surface area contributed by atoms with Gasteiger partial charge < -0.3 is 0 Å². The van der Waals surface area contributed by atoms with E-state index < -0.39 is 0 Å². The topological polar surface area (TPSA) is 43.1 Å². The molecule has 1 aromatic carbocycles. The maximum atomic E-state index is 4.91. The largest absolute Gasteiger partial charge is 0.294 e. The molecule has 0 aliphatic carbocycles. The molecule has 0 unspecified atom stereocenters. The van der Waals surface area contributed by atoms with Crippen LogP contribution < -0.4 is 0 Å². The van der Waals surface area contributed by atoms with Crippen molar-refractivity contribution in [1.82, 2.24) is 14.8 Å². The molecule has 1 aromatic heterocycles. The van der Waals surface area contributed by atoms with Gasteiger partial charge in [0.05, 0.1) is 5.71 Å². The number of hydrogen-bond acceptors (Lipinski definition) is 3. The lowest BCUT2D eigenvalue weighted by molar-refractivity contribution is 0.879. The van der Waals surface area contributed by atoms with E-state index in [0.717, 1.165) is 29.4 Å². The van der Waals surface area contributed by atoms with Gasteiger partial charge in [-0.3, -0.25) is 9.56 Å². The fourth-order valence-corrected chi connectivity index (χ4v) is 3.43. The first-order chi connectivity index (χ1) is 11.6. The summed E-state index contributed by atoms with van der Waals surface area (Å²) in [7, 11) is 2.23. The molecule has 4 rings (SSSR count). The number of aryl methyl sites for hydroxylation is 2. The second-order valence-electron chi connectivity index (χ2n) is 6.43. The van der Waals surface area contributed by atoms with E-state index in [1.165, 1.54) is 27.7 Å². The fourth-order valence-electron chi connectivity index (χ4n) is 3.43. The highest BCUT2D eigenvalue weighted by molar-refractivity contribution is 6.69. The van der Waals surface area contributed by atoms with Gasteiger partial charge in [0.25, 0.3) is 0 Å². The second-order valence-corrected chi connectivity index (χ2v) is 6.43. The summed E-state index contributed by atoms with van der Waals surface area (Å²) in [5.74, 6) is 1.81. The van der Waals surface area contributed by atoms with E-state index in [0.29, 0.717) is 6.54 Å². The summed E-state index contributed by atoms with van der Waals surface area (Å²) in [6.07, 6.45) is 1.05. The number of aliphatic imine (C=N–C) groups is 1. The highest BCUT2D eigenvalue weighted by Crippen LogP contribution is 2.35. The quantitative estimate of drug-likeness (QED) is 0.798. The van der Waals surface area contributed by atoms with Gasteiger partial charge in [-0.1, -0.05) is 49.2 Å². The molecule has 24 heavy (non-hydrogen) atoms. The number of fused-ring (bicyclic) bond motifs is 2. The molecule has 0 saturated heterocycles. The number of rotatable bonds is 2. The Bertz CT molecular complexity index is 913. The molecule has 0 spiro atoms. The normalized spacial score (nSPS) is 16.6. The summed E-state index contributed by atoms with van der Waals surface area (Å²) >= 11 is 0. The van der Waals surface area contributed by atoms with Crippen LogP contribution in [0.4, 0.5) is 0 Å². The molecule has 0 bridgehead atoms. The van der Waals surface area contributed by atoms with Crippen molar-refractivity contribution < 1.29 is 0 Å². The SMILES string of the molecule is CCc1ccc(C2=NCc3nnc(C)n3C3=C2C(C)=C(C)[B]3)cc1. The van der Waals surface area contributed by atoms with Crippen LogP contribution in [0.2, 0.25) is 0 Å². The van der Waals surface area contributed by atoms with Crippen molar-refractivity contribution in [3.8, 4) is 0 Å². The van der Waals surface area contributed by atoms with Crippen LogP contribution in [-0.2, 0) is 13.0 Å². The Morgan fingerprint density at radius 3 is 2.54 bits per heavy atom. The van der Waals surface area contributed by atoms with Gasteiger partial charge in [0.15, 0.2) is 5.82 Å². The monoisotopic (exact) mass is 315 g/mol. The standard InChI is InChI=1S/C19H20BN4/c1-5-14-6-8-15(9-7-14)18-17-11(2)12(3)20-19(17)24-13(4)22-23-16(24)10-21-18/h6-9H,5,10H2,1-4H3. The highest BCUT2D eigenvalue weighted by Gasteiger charge is 2.30. The maximum absolute atomic E-state index is 4.91. The van der Waals surface area contributed by atoms with Crippen LogP contribution in [0.5, 0.6) is 0 Å². The maximum Gasteiger partial charge on any atom is 0.210 e. The zero-order chi connectivity index (χ0) is 16.8. The summed E-state index contributed by atoms with van der Waals surface area (Å²) in [5.41, 5.74) is 8.48. The molecule has 3 heterocycles. The molecule has 0 amide bonds. The minimum absolute atomic E-state index is 0.554. The van der Waals surface area contributed by atoms with Gasteiger partial charge in [-0.15, -0.1) is 10.2 Å². The van der Waals surface area contributed by atoms with Crippen molar-refractivity contribution in [1.29, 1.82) is 0 Å². The van der Waals surface area contributed by atoms with Crippen molar-refractivity contribution in [3.63, 3.8) is 0 Å². The molecule has 0 saturated carbocycles. The third-order valence-electron chi connectivity index (χ3n) is 4.96. The molecule has 5 heteroatoms. The van der Waals surface area contributed by atoms with E-state index >= 15 is 0 Å². The average molecular weight is 315 g/mol. The lowest BCUT2D eigenvalue weighted by Crippen LogP contribution is -2.11. The fraction of sp³-hybridized carbons (Fsp3) is 0.316. The summed E-state index contributed by atoms with van der Waals surface area (Å²) < 4.78 is 2.15. The van der Waals surface area contributed by atoms with Crippen LogP contribution in [0.25, 0.3) is 5.60 Å². The zero-order valence-electron chi connectivity index (χ0n) is 14.6. The molecule has 0 atom stereocenters. The number of nitrogens with zero attached hydrogens (tertiary/aromatic N) is 4. The van der Waals surface area contributed by atoms with E-state index in [4.69, 9.17) is 4.99 Å². The van der Waals surface area contributed by atoms with Crippen molar-refractivity contribution in [2.24, 2.45) is 4.99 Å². The smallest absolute Gasteiger partial charge is 0.210 e. The lowest BCUT2D eigenvalue weighted by atomic mass is 9.69. The minimum atomic E-state index is 0.554. The molecule has 2 aliphatic heterocycles. The Morgan fingerprint density at radius 2 is 1.83 bits per heavy atom. The lowest BCUT2D eigenvalue weighted by Gasteiger charge is -2.13. The predicted octanol–water partition coefficient (Wildman–Crippen LogP) is 3.33. The summed E-state index contributed by atoms with van der Waals surface area (Å²) in [6.45, 7) is 9.06. The number of aromatic nitrogens is 3.